The van der Waals surface area contributed by atoms with Gasteiger partial charge in [0.2, 0.25) is 0 Å². The Hall–Kier alpha value is -0.380. The number of thiophene rings is 1. The number of nitrogens with one attached hydrogen (secondary N) is 1. The molecule has 0 saturated carbocycles. The highest BCUT2D eigenvalue weighted by molar-refractivity contribution is 7.10. The van der Waals surface area contributed by atoms with Gasteiger partial charge >= 0.3 is 0 Å². The van der Waals surface area contributed by atoms with E-state index in [1.807, 2.05) is 0 Å². The Labute approximate surface area is 83.6 Å². The third-order valence-corrected chi connectivity index (χ3v) is 2.94. The topological polar surface area (TPSA) is 32.3 Å². The van der Waals surface area contributed by atoms with Crippen LogP contribution in [0.2, 0.25) is 0 Å². The molecule has 0 aliphatic heterocycles. The van der Waals surface area contributed by atoms with Crippen molar-refractivity contribution in [3.63, 3.8) is 0 Å². The Morgan fingerprint density at radius 3 is 2.85 bits per heavy atom. The van der Waals surface area contributed by atoms with Gasteiger partial charge in [0, 0.05) is 17.5 Å². The molecule has 0 radical (unpaired) electrons. The van der Waals surface area contributed by atoms with Gasteiger partial charge in [-0.25, -0.2) is 0 Å². The largest absolute Gasteiger partial charge is 0.392 e. The van der Waals surface area contributed by atoms with Crippen LogP contribution in [0, 0.1) is 0 Å². The maximum Gasteiger partial charge on any atom is 0.0636 e. The molecule has 1 heterocycles. The summed E-state index contributed by atoms with van der Waals surface area (Å²) in [4.78, 5) is 1.35. The molecular formula is C10H17NOS. The van der Waals surface area contributed by atoms with E-state index in [9.17, 15) is 0 Å². The minimum Gasteiger partial charge on any atom is -0.392 e. The van der Waals surface area contributed by atoms with Gasteiger partial charge in [-0.1, -0.05) is 13.0 Å². The summed E-state index contributed by atoms with van der Waals surface area (Å²) in [7, 11) is 0. The molecule has 0 saturated heterocycles. The summed E-state index contributed by atoms with van der Waals surface area (Å²) in [6.45, 7) is 4.62. The highest BCUT2D eigenvalue weighted by Gasteiger charge is 2.09. The second-order valence-electron chi connectivity index (χ2n) is 3.23. The Morgan fingerprint density at radius 2 is 2.38 bits per heavy atom. The molecule has 2 N–H and O–H groups in total. The van der Waals surface area contributed by atoms with Crippen LogP contribution in [0.1, 0.15) is 31.2 Å². The maximum atomic E-state index is 9.14. The van der Waals surface area contributed by atoms with Crippen LogP contribution in [-0.4, -0.2) is 17.8 Å². The monoisotopic (exact) mass is 199 g/mol. The maximum absolute atomic E-state index is 9.14. The highest BCUT2D eigenvalue weighted by atomic mass is 32.1. The van der Waals surface area contributed by atoms with Gasteiger partial charge in [0.05, 0.1) is 6.10 Å². The number of rotatable bonds is 5. The third kappa shape index (κ3) is 3.46. The Balaban J connectivity index is 2.44. The lowest BCUT2D eigenvalue weighted by Gasteiger charge is -2.16. The SMILES string of the molecule is CCC(NCC(C)O)c1cccs1. The van der Waals surface area contributed by atoms with Crippen LogP contribution in [0.4, 0.5) is 0 Å². The molecule has 0 aromatic carbocycles. The van der Waals surface area contributed by atoms with E-state index in [2.05, 4.69) is 29.8 Å². The molecule has 1 aromatic heterocycles. The molecule has 3 heteroatoms. The van der Waals surface area contributed by atoms with E-state index in [1.54, 1.807) is 18.3 Å². The van der Waals surface area contributed by atoms with Gasteiger partial charge in [-0.3, -0.25) is 0 Å². The molecule has 2 atom stereocenters. The average molecular weight is 199 g/mol. The standard InChI is InChI=1S/C10H17NOS/c1-3-9(11-7-8(2)12)10-5-4-6-13-10/h4-6,8-9,11-12H,3,7H2,1-2H3. The van der Waals surface area contributed by atoms with Crippen LogP contribution >= 0.6 is 11.3 Å². The van der Waals surface area contributed by atoms with Crippen molar-refractivity contribution < 1.29 is 5.11 Å². The fourth-order valence-electron chi connectivity index (χ4n) is 1.25. The van der Waals surface area contributed by atoms with Crippen molar-refractivity contribution in [2.45, 2.75) is 32.4 Å². The summed E-state index contributed by atoms with van der Waals surface area (Å²) in [5.74, 6) is 0. The van der Waals surface area contributed by atoms with Crippen molar-refractivity contribution in [1.29, 1.82) is 0 Å². The molecule has 74 valence electrons. The molecule has 0 amide bonds. The fourth-order valence-corrected chi connectivity index (χ4v) is 2.13. The molecule has 2 nitrogen and oxygen atoms in total. The van der Waals surface area contributed by atoms with Crippen molar-refractivity contribution in [3.05, 3.63) is 22.4 Å². The summed E-state index contributed by atoms with van der Waals surface area (Å²) in [6, 6.07) is 4.59. The van der Waals surface area contributed by atoms with Gasteiger partial charge in [0.15, 0.2) is 0 Å². The van der Waals surface area contributed by atoms with E-state index in [-0.39, 0.29) is 6.10 Å². The summed E-state index contributed by atoms with van der Waals surface area (Å²) in [5, 5.41) is 14.6. The summed E-state index contributed by atoms with van der Waals surface area (Å²) in [6.07, 6.45) is 0.793. The van der Waals surface area contributed by atoms with Crippen molar-refractivity contribution in [2.24, 2.45) is 0 Å². The lowest BCUT2D eigenvalue weighted by molar-refractivity contribution is 0.186. The van der Waals surface area contributed by atoms with E-state index in [0.29, 0.717) is 12.6 Å². The normalized spacial score (nSPS) is 15.6. The number of hydrogen-bond donors (Lipinski definition) is 2. The van der Waals surface area contributed by atoms with E-state index in [4.69, 9.17) is 5.11 Å². The van der Waals surface area contributed by atoms with Crippen molar-refractivity contribution in [1.82, 2.24) is 5.32 Å². The molecular weight excluding hydrogens is 182 g/mol. The van der Waals surface area contributed by atoms with Crippen molar-refractivity contribution in [2.75, 3.05) is 6.54 Å². The lowest BCUT2D eigenvalue weighted by Crippen LogP contribution is -2.27. The zero-order valence-corrected chi connectivity index (χ0v) is 8.97. The van der Waals surface area contributed by atoms with Gasteiger partial charge in [-0.2, -0.15) is 0 Å². The van der Waals surface area contributed by atoms with Gasteiger partial charge in [0.1, 0.15) is 0 Å². The molecule has 0 aliphatic carbocycles. The molecule has 2 unspecified atom stereocenters. The van der Waals surface area contributed by atoms with E-state index in [1.165, 1.54) is 4.88 Å². The summed E-state index contributed by atoms with van der Waals surface area (Å²) < 4.78 is 0. The zero-order valence-electron chi connectivity index (χ0n) is 8.16. The Bertz CT molecular complexity index is 221. The number of aliphatic hydroxyl groups excluding tert-OH is 1. The van der Waals surface area contributed by atoms with Gasteiger partial charge in [-0.05, 0) is 24.8 Å². The van der Waals surface area contributed by atoms with Gasteiger partial charge in [0.25, 0.3) is 0 Å². The first-order valence-corrected chi connectivity index (χ1v) is 5.56. The summed E-state index contributed by atoms with van der Waals surface area (Å²) in [5.41, 5.74) is 0. The van der Waals surface area contributed by atoms with E-state index < -0.39 is 0 Å². The second kappa shape index (κ2) is 5.37. The molecule has 1 aromatic rings. The van der Waals surface area contributed by atoms with Crippen LogP contribution in [0.5, 0.6) is 0 Å². The predicted octanol–water partition coefficient (Wildman–Crippen LogP) is 2.17. The lowest BCUT2D eigenvalue weighted by atomic mass is 10.2. The van der Waals surface area contributed by atoms with Gasteiger partial charge in [-0.15, -0.1) is 11.3 Å². The fraction of sp³-hybridized carbons (Fsp3) is 0.600. The van der Waals surface area contributed by atoms with Crippen LogP contribution in [0.3, 0.4) is 0 Å². The van der Waals surface area contributed by atoms with Crippen LogP contribution < -0.4 is 5.32 Å². The van der Waals surface area contributed by atoms with Crippen LogP contribution in [-0.2, 0) is 0 Å². The van der Waals surface area contributed by atoms with E-state index >= 15 is 0 Å². The second-order valence-corrected chi connectivity index (χ2v) is 4.21. The highest BCUT2D eigenvalue weighted by Crippen LogP contribution is 2.21. The third-order valence-electron chi connectivity index (χ3n) is 1.95. The van der Waals surface area contributed by atoms with Crippen LogP contribution in [0.15, 0.2) is 17.5 Å². The first-order valence-electron chi connectivity index (χ1n) is 4.69. The predicted molar refractivity (Wildman–Crippen MR) is 57.0 cm³/mol. The Kier molecular flexibility index (Phi) is 4.42. The Morgan fingerprint density at radius 1 is 1.62 bits per heavy atom. The quantitative estimate of drug-likeness (QED) is 0.761. The molecule has 0 bridgehead atoms. The minimum absolute atomic E-state index is 0.269. The smallest absolute Gasteiger partial charge is 0.0636 e. The van der Waals surface area contributed by atoms with Gasteiger partial charge < -0.3 is 10.4 Å². The van der Waals surface area contributed by atoms with Crippen molar-refractivity contribution >= 4 is 11.3 Å². The molecule has 1 rings (SSSR count). The van der Waals surface area contributed by atoms with Crippen LogP contribution in [0.25, 0.3) is 0 Å². The number of aliphatic hydroxyl groups is 1. The molecule has 13 heavy (non-hydrogen) atoms. The first-order chi connectivity index (χ1) is 6.24. The van der Waals surface area contributed by atoms with E-state index in [0.717, 1.165) is 6.42 Å². The summed E-state index contributed by atoms with van der Waals surface area (Å²) >= 11 is 1.76. The molecule has 0 spiro atoms. The first kappa shape index (κ1) is 10.7. The molecule has 0 aliphatic rings. The van der Waals surface area contributed by atoms with Crippen molar-refractivity contribution in [3.8, 4) is 0 Å². The number of hydrogen-bond acceptors (Lipinski definition) is 3. The zero-order chi connectivity index (χ0) is 9.68. The molecule has 0 fully saturated rings. The average Bonchev–Trinajstić information content (AvgIpc) is 2.58. The minimum atomic E-state index is -0.269.